The molecule has 0 amide bonds. The first-order valence-electron chi connectivity index (χ1n) is 5.17. The van der Waals surface area contributed by atoms with E-state index in [1.54, 1.807) is 0 Å². The summed E-state index contributed by atoms with van der Waals surface area (Å²) in [4.78, 5) is 9.76. The molecule has 6 nitrogen and oxygen atoms in total. The van der Waals surface area contributed by atoms with Crippen LogP contribution >= 0.6 is 0 Å². The fourth-order valence-electron chi connectivity index (χ4n) is 0.628. The van der Waals surface area contributed by atoms with E-state index in [4.69, 9.17) is 25.5 Å². The van der Waals surface area contributed by atoms with E-state index < -0.39 is 37.8 Å². The molecule has 0 saturated heterocycles. The van der Waals surface area contributed by atoms with Crippen LogP contribution in [0.25, 0.3) is 0 Å². The Bertz CT molecular complexity index is 149. The maximum atomic E-state index is 9.76. The first-order valence-corrected chi connectivity index (χ1v) is 5.17. The first kappa shape index (κ1) is 17.7. The van der Waals surface area contributed by atoms with E-state index >= 15 is 0 Å². The Kier molecular flexibility index (Phi) is 12.0. The SMILES string of the molecule is CCCCC(=O)O.OCC(CO)(CO)CO. The minimum atomic E-state index is -1.11. The zero-order chi connectivity index (χ0) is 13.0. The molecule has 16 heavy (non-hydrogen) atoms. The number of carboxylic acids is 1. The van der Waals surface area contributed by atoms with Crippen molar-refractivity contribution in [2.75, 3.05) is 26.4 Å². The summed E-state index contributed by atoms with van der Waals surface area (Å²) in [6.07, 6.45) is 2.08. The summed E-state index contributed by atoms with van der Waals surface area (Å²) in [5.74, 6) is -0.693. The summed E-state index contributed by atoms with van der Waals surface area (Å²) in [5, 5.41) is 42.0. The van der Waals surface area contributed by atoms with Gasteiger partial charge in [0.15, 0.2) is 0 Å². The molecule has 0 bridgehead atoms. The van der Waals surface area contributed by atoms with Gasteiger partial charge in [-0.2, -0.15) is 0 Å². The van der Waals surface area contributed by atoms with Crippen LogP contribution in [0.5, 0.6) is 0 Å². The van der Waals surface area contributed by atoms with Gasteiger partial charge in [0.25, 0.3) is 0 Å². The minimum Gasteiger partial charge on any atom is -0.481 e. The van der Waals surface area contributed by atoms with Crippen LogP contribution in [0, 0.1) is 5.41 Å². The quantitative estimate of drug-likeness (QED) is 0.396. The third-order valence-electron chi connectivity index (χ3n) is 2.09. The smallest absolute Gasteiger partial charge is 0.303 e. The van der Waals surface area contributed by atoms with E-state index in [1.807, 2.05) is 6.92 Å². The van der Waals surface area contributed by atoms with Crippen molar-refractivity contribution < 1.29 is 30.3 Å². The molecule has 0 aliphatic heterocycles. The van der Waals surface area contributed by atoms with Gasteiger partial charge >= 0.3 is 5.97 Å². The molecule has 0 fully saturated rings. The largest absolute Gasteiger partial charge is 0.481 e. The van der Waals surface area contributed by atoms with Gasteiger partial charge in [-0.25, -0.2) is 0 Å². The summed E-state index contributed by atoms with van der Waals surface area (Å²) >= 11 is 0. The molecule has 0 spiro atoms. The molecule has 0 aromatic rings. The molecule has 0 heterocycles. The molecule has 0 aromatic carbocycles. The molecular formula is C10H22O6. The molecule has 6 heteroatoms. The van der Waals surface area contributed by atoms with Crippen LogP contribution in [0.15, 0.2) is 0 Å². The molecule has 0 atom stereocenters. The highest BCUT2D eigenvalue weighted by atomic mass is 16.4. The van der Waals surface area contributed by atoms with E-state index in [0.29, 0.717) is 6.42 Å². The molecular weight excluding hydrogens is 216 g/mol. The maximum absolute atomic E-state index is 9.76. The van der Waals surface area contributed by atoms with Gasteiger partial charge in [0.05, 0.1) is 31.8 Å². The van der Waals surface area contributed by atoms with Gasteiger partial charge in [0, 0.05) is 6.42 Å². The first-order chi connectivity index (χ1) is 7.51. The summed E-state index contributed by atoms with van der Waals surface area (Å²) in [6, 6.07) is 0. The Balaban J connectivity index is 0. The lowest BCUT2D eigenvalue weighted by Gasteiger charge is -2.23. The number of carboxylic acid groups (broad SMARTS) is 1. The monoisotopic (exact) mass is 238 g/mol. The third-order valence-corrected chi connectivity index (χ3v) is 2.09. The highest BCUT2D eigenvalue weighted by molar-refractivity contribution is 5.66. The second-order valence-electron chi connectivity index (χ2n) is 3.63. The molecule has 0 saturated carbocycles. The van der Waals surface area contributed by atoms with Crippen molar-refractivity contribution in [2.24, 2.45) is 5.41 Å². The average molecular weight is 238 g/mol. The van der Waals surface area contributed by atoms with Crippen molar-refractivity contribution in [1.82, 2.24) is 0 Å². The van der Waals surface area contributed by atoms with Gasteiger partial charge in [-0.3, -0.25) is 4.79 Å². The number of aliphatic hydroxyl groups excluding tert-OH is 4. The molecule has 0 unspecified atom stereocenters. The summed E-state index contributed by atoms with van der Waals surface area (Å²) in [6.45, 7) is 0.350. The lowest BCUT2D eigenvalue weighted by Crippen LogP contribution is -2.37. The number of rotatable bonds is 7. The Hall–Kier alpha value is -0.690. The number of unbranched alkanes of at least 4 members (excludes halogenated alkanes) is 1. The Morgan fingerprint density at radius 2 is 1.38 bits per heavy atom. The highest BCUT2D eigenvalue weighted by Crippen LogP contribution is 2.11. The Labute approximate surface area is 95.2 Å². The molecule has 0 rings (SSSR count). The lowest BCUT2D eigenvalue weighted by atomic mass is 9.93. The summed E-state index contributed by atoms with van der Waals surface area (Å²) in [5.41, 5.74) is -1.11. The Morgan fingerprint density at radius 1 is 1.00 bits per heavy atom. The zero-order valence-corrected chi connectivity index (χ0v) is 9.59. The normalized spacial score (nSPS) is 10.6. The van der Waals surface area contributed by atoms with Gasteiger partial charge in [-0.1, -0.05) is 13.3 Å². The van der Waals surface area contributed by atoms with Crippen molar-refractivity contribution in [2.45, 2.75) is 26.2 Å². The van der Waals surface area contributed by atoms with E-state index in [0.717, 1.165) is 12.8 Å². The third kappa shape index (κ3) is 8.60. The van der Waals surface area contributed by atoms with Crippen LogP contribution in [-0.4, -0.2) is 57.9 Å². The van der Waals surface area contributed by atoms with Crippen LogP contribution in [-0.2, 0) is 4.79 Å². The predicted molar refractivity (Wildman–Crippen MR) is 57.9 cm³/mol. The van der Waals surface area contributed by atoms with Gasteiger partial charge in [-0.15, -0.1) is 0 Å². The van der Waals surface area contributed by atoms with Gasteiger partial charge < -0.3 is 25.5 Å². The Morgan fingerprint density at radius 3 is 1.44 bits per heavy atom. The van der Waals surface area contributed by atoms with Gasteiger partial charge in [0.1, 0.15) is 0 Å². The molecule has 0 aliphatic rings. The minimum absolute atomic E-state index is 0.316. The van der Waals surface area contributed by atoms with E-state index in [9.17, 15) is 4.79 Å². The average Bonchev–Trinajstić information content (AvgIpc) is 2.31. The molecule has 0 aliphatic carbocycles. The van der Waals surface area contributed by atoms with Crippen LogP contribution < -0.4 is 0 Å². The number of hydrogen-bond acceptors (Lipinski definition) is 5. The number of hydrogen-bond donors (Lipinski definition) is 5. The van der Waals surface area contributed by atoms with Crippen molar-refractivity contribution >= 4 is 5.97 Å². The zero-order valence-electron chi connectivity index (χ0n) is 9.59. The van der Waals surface area contributed by atoms with Crippen LogP contribution in [0.2, 0.25) is 0 Å². The maximum Gasteiger partial charge on any atom is 0.303 e. The van der Waals surface area contributed by atoms with Gasteiger partial charge in [-0.05, 0) is 6.42 Å². The van der Waals surface area contributed by atoms with Crippen molar-refractivity contribution in [3.8, 4) is 0 Å². The van der Waals surface area contributed by atoms with E-state index in [-0.39, 0.29) is 0 Å². The lowest BCUT2D eigenvalue weighted by molar-refractivity contribution is -0.137. The molecule has 5 N–H and O–H groups in total. The number of aliphatic hydroxyl groups is 4. The number of aliphatic carboxylic acids is 1. The fraction of sp³-hybridized carbons (Fsp3) is 0.900. The predicted octanol–water partition coefficient (Wildman–Crippen LogP) is -0.797. The second-order valence-corrected chi connectivity index (χ2v) is 3.63. The fourth-order valence-corrected chi connectivity index (χ4v) is 0.628. The molecule has 98 valence electrons. The topological polar surface area (TPSA) is 118 Å². The summed E-state index contributed by atoms with van der Waals surface area (Å²) < 4.78 is 0. The van der Waals surface area contributed by atoms with Crippen LogP contribution in [0.3, 0.4) is 0 Å². The number of carbonyl (C=O) groups is 1. The highest BCUT2D eigenvalue weighted by Gasteiger charge is 2.26. The van der Waals surface area contributed by atoms with Gasteiger partial charge in [0.2, 0.25) is 0 Å². The van der Waals surface area contributed by atoms with Crippen molar-refractivity contribution in [3.63, 3.8) is 0 Å². The van der Waals surface area contributed by atoms with E-state index in [1.165, 1.54) is 0 Å². The van der Waals surface area contributed by atoms with E-state index in [2.05, 4.69) is 0 Å². The molecule has 0 aromatic heterocycles. The summed E-state index contributed by atoms with van der Waals surface area (Å²) in [7, 11) is 0. The molecule has 0 radical (unpaired) electrons. The van der Waals surface area contributed by atoms with Crippen molar-refractivity contribution in [1.29, 1.82) is 0 Å². The van der Waals surface area contributed by atoms with Crippen LogP contribution in [0.1, 0.15) is 26.2 Å². The second kappa shape index (κ2) is 10.8. The standard InChI is InChI=1S/C5H12O4.C5H10O2/c6-1-5(2-7,3-8)4-9;1-2-3-4-5(6)7/h6-9H,1-4H2;2-4H2,1H3,(H,6,7). The van der Waals surface area contributed by atoms with Crippen LogP contribution in [0.4, 0.5) is 0 Å². The van der Waals surface area contributed by atoms with Crippen molar-refractivity contribution in [3.05, 3.63) is 0 Å².